The fourth-order valence-electron chi connectivity index (χ4n) is 3.47. The molecule has 3 rings (SSSR count). The summed E-state index contributed by atoms with van der Waals surface area (Å²) in [6.07, 6.45) is 0. The molecule has 32 heavy (non-hydrogen) atoms. The molecular weight excluding hydrogens is 426 g/mol. The lowest BCUT2D eigenvalue weighted by Gasteiger charge is -2.22. The molecule has 7 nitrogen and oxygen atoms in total. The van der Waals surface area contributed by atoms with Gasteiger partial charge in [0.15, 0.2) is 6.61 Å². The molecule has 0 aliphatic rings. The number of hydrogen-bond acceptors (Lipinski definition) is 5. The average Bonchev–Trinajstić information content (AvgIpc) is 2.78. The molecule has 0 aliphatic heterocycles. The van der Waals surface area contributed by atoms with Crippen LogP contribution in [0.1, 0.15) is 13.8 Å². The highest BCUT2D eigenvalue weighted by atomic mass is 32.2. The lowest BCUT2D eigenvalue weighted by atomic mass is 10.1. The number of nitrogens with one attached hydrogen (secondary N) is 1. The van der Waals surface area contributed by atoms with E-state index in [4.69, 9.17) is 4.74 Å². The van der Waals surface area contributed by atoms with Gasteiger partial charge in [0.05, 0.1) is 16.3 Å². The minimum absolute atomic E-state index is 0.137. The lowest BCUT2D eigenvalue weighted by molar-refractivity contribution is -0.118. The summed E-state index contributed by atoms with van der Waals surface area (Å²) < 4.78 is 32.9. The second kappa shape index (κ2) is 10.0. The molecule has 0 spiro atoms. The van der Waals surface area contributed by atoms with E-state index in [9.17, 15) is 13.2 Å². The number of carbonyl (C=O) groups is 1. The van der Waals surface area contributed by atoms with Crippen molar-refractivity contribution in [2.24, 2.45) is 0 Å². The van der Waals surface area contributed by atoms with Crippen LogP contribution in [0.2, 0.25) is 0 Å². The van der Waals surface area contributed by atoms with Gasteiger partial charge in [-0.25, -0.2) is 8.42 Å². The van der Waals surface area contributed by atoms with E-state index in [-0.39, 0.29) is 17.4 Å². The second-order valence-electron chi connectivity index (χ2n) is 7.51. The molecule has 3 aromatic carbocycles. The molecule has 0 fully saturated rings. The van der Waals surface area contributed by atoms with Crippen molar-refractivity contribution in [1.82, 2.24) is 4.31 Å². The fourth-order valence-corrected chi connectivity index (χ4v) is 4.96. The predicted molar refractivity (Wildman–Crippen MR) is 129 cm³/mol. The van der Waals surface area contributed by atoms with E-state index in [0.29, 0.717) is 30.2 Å². The van der Waals surface area contributed by atoms with E-state index in [0.717, 1.165) is 10.8 Å². The van der Waals surface area contributed by atoms with Crippen LogP contribution in [0.4, 0.5) is 11.4 Å². The molecular formula is C24H29N3O4S. The predicted octanol–water partition coefficient (Wildman–Crippen LogP) is 3.95. The number of sulfonamides is 1. The molecule has 1 N–H and O–H groups in total. The smallest absolute Gasteiger partial charge is 0.262 e. The Morgan fingerprint density at radius 3 is 2.28 bits per heavy atom. The summed E-state index contributed by atoms with van der Waals surface area (Å²) in [6.45, 7) is 4.13. The Balaban J connectivity index is 1.78. The molecule has 0 atom stereocenters. The normalized spacial score (nSPS) is 11.5. The van der Waals surface area contributed by atoms with E-state index in [2.05, 4.69) is 5.32 Å². The van der Waals surface area contributed by atoms with Crippen LogP contribution in [-0.4, -0.2) is 52.4 Å². The van der Waals surface area contributed by atoms with Crippen molar-refractivity contribution in [2.45, 2.75) is 18.7 Å². The fraction of sp³-hybridized carbons (Fsp3) is 0.292. The van der Waals surface area contributed by atoms with Crippen molar-refractivity contribution in [3.8, 4) is 5.75 Å². The zero-order valence-electron chi connectivity index (χ0n) is 18.8. The number of anilines is 2. The van der Waals surface area contributed by atoms with Gasteiger partial charge in [0.1, 0.15) is 5.75 Å². The van der Waals surface area contributed by atoms with Gasteiger partial charge in [-0.15, -0.1) is 0 Å². The molecule has 0 radical (unpaired) electrons. The number of carbonyl (C=O) groups excluding carboxylic acids is 1. The largest absolute Gasteiger partial charge is 0.484 e. The van der Waals surface area contributed by atoms with Crippen molar-refractivity contribution in [2.75, 3.05) is 44.0 Å². The van der Waals surface area contributed by atoms with Gasteiger partial charge in [0.25, 0.3) is 5.91 Å². The SMILES string of the molecule is CCN(CC)S(=O)(=O)c1ccc(N(C)C)c(NC(=O)COc2ccc3ccccc3c2)c1. The Bertz CT molecular complexity index is 1200. The van der Waals surface area contributed by atoms with Crippen LogP contribution in [0.5, 0.6) is 5.75 Å². The molecule has 3 aromatic rings. The maximum absolute atomic E-state index is 12.9. The first-order chi connectivity index (χ1) is 15.3. The summed E-state index contributed by atoms with van der Waals surface area (Å²) in [5, 5.41) is 4.91. The van der Waals surface area contributed by atoms with Gasteiger partial charge in [0, 0.05) is 27.2 Å². The van der Waals surface area contributed by atoms with Gasteiger partial charge in [-0.2, -0.15) is 4.31 Å². The molecule has 0 saturated carbocycles. The van der Waals surface area contributed by atoms with Crippen LogP contribution in [0, 0.1) is 0 Å². The van der Waals surface area contributed by atoms with E-state index in [1.807, 2.05) is 61.5 Å². The highest BCUT2D eigenvalue weighted by Gasteiger charge is 2.23. The molecule has 8 heteroatoms. The van der Waals surface area contributed by atoms with Gasteiger partial charge >= 0.3 is 0 Å². The minimum atomic E-state index is -3.65. The molecule has 0 unspecified atom stereocenters. The topological polar surface area (TPSA) is 79.0 Å². The number of fused-ring (bicyclic) bond motifs is 1. The highest BCUT2D eigenvalue weighted by Crippen LogP contribution is 2.29. The number of ether oxygens (including phenoxy) is 1. The third kappa shape index (κ3) is 5.20. The van der Waals surface area contributed by atoms with Crippen LogP contribution in [-0.2, 0) is 14.8 Å². The minimum Gasteiger partial charge on any atom is -0.484 e. The first kappa shape index (κ1) is 23.6. The van der Waals surface area contributed by atoms with Crippen LogP contribution < -0.4 is 15.0 Å². The number of nitrogens with zero attached hydrogens (tertiary/aromatic N) is 2. The summed E-state index contributed by atoms with van der Waals surface area (Å²) in [7, 11) is 0.0113. The Morgan fingerprint density at radius 2 is 1.62 bits per heavy atom. The van der Waals surface area contributed by atoms with E-state index in [1.54, 1.807) is 26.0 Å². The Morgan fingerprint density at radius 1 is 0.938 bits per heavy atom. The molecule has 0 aliphatic carbocycles. The molecule has 170 valence electrons. The summed E-state index contributed by atoms with van der Waals surface area (Å²) in [5.41, 5.74) is 1.11. The highest BCUT2D eigenvalue weighted by molar-refractivity contribution is 7.89. The number of hydrogen-bond donors (Lipinski definition) is 1. The third-order valence-corrected chi connectivity index (χ3v) is 7.20. The molecule has 1 amide bonds. The quantitative estimate of drug-likeness (QED) is 0.529. The van der Waals surface area contributed by atoms with Crippen LogP contribution in [0.15, 0.2) is 65.6 Å². The molecule has 0 bridgehead atoms. The van der Waals surface area contributed by atoms with Gasteiger partial charge < -0.3 is 15.0 Å². The molecule has 0 aromatic heterocycles. The van der Waals surface area contributed by atoms with Crippen molar-refractivity contribution in [1.29, 1.82) is 0 Å². The summed E-state index contributed by atoms with van der Waals surface area (Å²) in [5.74, 6) is 0.211. The van der Waals surface area contributed by atoms with Crippen molar-refractivity contribution in [3.05, 3.63) is 60.7 Å². The lowest BCUT2D eigenvalue weighted by Crippen LogP contribution is -2.31. The first-order valence-electron chi connectivity index (χ1n) is 10.5. The Kier molecular flexibility index (Phi) is 7.37. The van der Waals surface area contributed by atoms with Gasteiger partial charge in [-0.1, -0.05) is 44.2 Å². The third-order valence-electron chi connectivity index (χ3n) is 5.16. The zero-order chi connectivity index (χ0) is 23.3. The van der Waals surface area contributed by atoms with E-state index in [1.165, 1.54) is 10.4 Å². The summed E-state index contributed by atoms with van der Waals surface area (Å²) in [6, 6.07) is 18.3. The molecule has 0 heterocycles. The standard InChI is InChI=1S/C24H29N3O4S/c1-5-27(6-2)32(29,30)21-13-14-23(26(3)4)22(16-21)25-24(28)17-31-20-12-11-18-9-7-8-10-19(18)15-20/h7-16H,5-6,17H2,1-4H3,(H,25,28). The van der Waals surface area contributed by atoms with E-state index < -0.39 is 10.0 Å². The van der Waals surface area contributed by atoms with E-state index >= 15 is 0 Å². The second-order valence-corrected chi connectivity index (χ2v) is 9.45. The van der Waals surface area contributed by atoms with Crippen molar-refractivity contribution < 1.29 is 17.9 Å². The van der Waals surface area contributed by atoms with Gasteiger partial charge in [-0.3, -0.25) is 4.79 Å². The average molecular weight is 456 g/mol. The van der Waals surface area contributed by atoms with Crippen LogP contribution in [0.25, 0.3) is 10.8 Å². The number of rotatable bonds is 9. The van der Waals surface area contributed by atoms with Crippen LogP contribution >= 0.6 is 0 Å². The molecule has 0 saturated heterocycles. The monoisotopic (exact) mass is 455 g/mol. The Hall–Kier alpha value is -3.10. The maximum Gasteiger partial charge on any atom is 0.262 e. The van der Waals surface area contributed by atoms with Gasteiger partial charge in [0.2, 0.25) is 10.0 Å². The first-order valence-corrected chi connectivity index (χ1v) is 11.9. The maximum atomic E-state index is 12.9. The summed E-state index contributed by atoms with van der Waals surface area (Å²) >= 11 is 0. The summed E-state index contributed by atoms with van der Waals surface area (Å²) in [4.78, 5) is 14.6. The number of amides is 1. The zero-order valence-corrected chi connectivity index (χ0v) is 19.6. The Labute approximate surface area is 189 Å². The van der Waals surface area contributed by atoms with Gasteiger partial charge in [-0.05, 0) is 41.1 Å². The van der Waals surface area contributed by atoms with Crippen LogP contribution in [0.3, 0.4) is 0 Å². The van der Waals surface area contributed by atoms with Crippen molar-refractivity contribution >= 4 is 38.1 Å². The van der Waals surface area contributed by atoms with Crippen molar-refractivity contribution in [3.63, 3.8) is 0 Å². The number of benzene rings is 3.